The average molecular weight is 1120 g/mol. The van der Waals surface area contributed by atoms with E-state index in [9.17, 15) is 14.4 Å². The number of esters is 3. The highest BCUT2D eigenvalue weighted by molar-refractivity contribution is 5.72. The molecule has 0 aliphatic carbocycles. The van der Waals surface area contributed by atoms with Crippen molar-refractivity contribution in [2.45, 2.75) is 297 Å². The van der Waals surface area contributed by atoms with Crippen molar-refractivity contribution in [2.24, 2.45) is 0 Å². The molecule has 0 rings (SSSR count). The molecule has 0 radical (unpaired) electrons. The highest BCUT2D eigenvalue weighted by Gasteiger charge is 2.19. The zero-order valence-electron chi connectivity index (χ0n) is 52.5. The first-order valence-electron chi connectivity index (χ1n) is 33.3. The molecule has 0 amide bonds. The third-order valence-electron chi connectivity index (χ3n) is 13.8. The van der Waals surface area contributed by atoms with Crippen LogP contribution < -0.4 is 0 Å². The summed E-state index contributed by atoms with van der Waals surface area (Å²) in [7, 11) is 0. The van der Waals surface area contributed by atoms with E-state index >= 15 is 0 Å². The Kier molecular flexibility index (Phi) is 63.9. The quantitative estimate of drug-likeness (QED) is 0.0261. The molecule has 6 nitrogen and oxygen atoms in total. The van der Waals surface area contributed by atoms with Gasteiger partial charge in [0.2, 0.25) is 0 Å². The van der Waals surface area contributed by atoms with E-state index in [1.165, 1.54) is 141 Å². The Morgan fingerprint density at radius 1 is 0.272 bits per heavy atom. The molecule has 0 aromatic rings. The van der Waals surface area contributed by atoms with E-state index in [0.717, 1.165) is 103 Å². The largest absolute Gasteiger partial charge is 0.462 e. The predicted octanol–water partition coefficient (Wildman–Crippen LogP) is 23.1. The average Bonchev–Trinajstić information content (AvgIpc) is 3.47. The minimum Gasteiger partial charge on any atom is -0.462 e. The van der Waals surface area contributed by atoms with Gasteiger partial charge in [-0.2, -0.15) is 0 Å². The zero-order valence-corrected chi connectivity index (χ0v) is 52.5. The number of carbonyl (C=O) groups excluding carboxylic acids is 3. The molecule has 6 heteroatoms. The number of carbonyl (C=O) groups is 3. The molecule has 0 spiro atoms. The van der Waals surface area contributed by atoms with Gasteiger partial charge in [0.05, 0.1) is 6.42 Å². The summed E-state index contributed by atoms with van der Waals surface area (Å²) in [5, 5.41) is 0. The van der Waals surface area contributed by atoms with E-state index in [2.05, 4.69) is 154 Å². The number of hydrogen-bond donors (Lipinski definition) is 0. The van der Waals surface area contributed by atoms with Crippen LogP contribution in [0.15, 0.2) is 146 Å². The summed E-state index contributed by atoms with van der Waals surface area (Å²) in [6.07, 6.45) is 97.6. The van der Waals surface area contributed by atoms with Crippen molar-refractivity contribution in [1.82, 2.24) is 0 Å². The molecular formula is C75H122O6. The van der Waals surface area contributed by atoms with Gasteiger partial charge in [-0.25, -0.2) is 0 Å². The van der Waals surface area contributed by atoms with Gasteiger partial charge < -0.3 is 14.2 Å². The molecule has 0 fully saturated rings. The number of rotatable bonds is 59. The minimum absolute atomic E-state index is 0.112. The van der Waals surface area contributed by atoms with Crippen LogP contribution in [0.25, 0.3) is 0 Å². The topological polar surface area (TPSA) is 78.9 Å². The lowest BCUT2D eigenvalue weighted by molar-refractivity contribution is -0.166. The summed E-state index contributed by atoms with van der Waals surface area (Å²) < 4.78 is 16.8. The lowest BCUT2D eigenvalue weighted by Gasteiger charge is -2.18. The van der Waals surface area contributed by atoms with Crippen LogP contribution in [-0.2, 0) is 28.6 Å². The van der Waals surface area contributed by atoms with Crippen LogP contribution in [0.1, 0.15) is 290 Å². The molecule has 0 aliphatic heterocycles. The normalized spacial score (nSPS) is 13.1. The molecule has 0 aliphatic rings. The number of unbranched alkanes of at least 4 members (excludes halogenated alkanes) is 25. The summed E-state index contributed by atoms with van der Waals surface area (Å²) in [4.78, 5) is 38.3. The highest BCUT2D eigenvalue weighted by atomic mass is 16.6. The van der Waals surface area contributed by atoms with Gasteiger partial charge in [0.15, 0.2) is 6.10 Å². The molecule has 458 valence electrons. The van der Waals surface area contributed by atoms with Crippen LogP contribution in [0, 0.1) is 0 Å². The molecule has 0 bridgehead atoms. The maximum Gasteiger partial charge on any atom is 0.309 e. The predicted molar refractivity (Wildman–Crippen MR) is 352 cm³/mol. The zero-order chi connectivity index (χ0) is 58.5. The second kappa shape index (κ2) is 67.8. The van der Waals surface area contributed by atoms with Crippen LogP contribution in [0.2, 0.25) is 0 Å². The maximum absolute atomic E-state index is 12.9. The number of allylic oxidation sites excluding steroid dienone is 23. The Hall–Kier alpha value is -4.71. The third-order valence-corrected chi connectivity index (χ3v) is 13.8. The van der Waals surface area contributed by atoms with Crippen LogP contribution in [-0.4, -0.2) is 37.2 Å². The fourth-order valence-electron chi connectivity index (χ4n) is 8.93. The second-order valence-electron chi connectivity index (χ2n) is 21.6. The third kappa shape index (κ3) is 66.0. The number of hydrogen-bond acceptors (Lipinski definition) is 6. The van der Waals surface area contributed by atoms with Gasteiger partial charge in [0.25, 0.3) is 0 Å². The van der Waals surface area contributed by atoms with E-state index < -0.39 is 12.1 Å². The Morgan fingerprint density at radius 2 is 0.531 bits per heavy atom. The monoisotopic (exact) mass is 1120 g/mol. The van der Waals surface area contributed by atoms with Crippen LogP contribution in [0.4, 0.5) is 0 Å². The Bertz CT molecular complexity index is 1760. The Morgan fingerprint density at radius 3 is 0.901 bits per heavy atom. The van der Waals surface area contributed by atoms with Gasteiger partial charge in [-0.05, 0) is 122 Å². The first kappa shape index (κ1) is 76.3. The number of ether oxygens (including phenoxy) is 3. The van der Waals surface area contributed by atoms with Gasteiger partial charge in [-0.1, -0.05) is 295 Å². The van der Waals surface area contributed by atoms with Crippen molar-refractivity contribution in [2.75, 3.05) is 13.2 Å². The van der Waals surface area contributed by atoms with Crippen molar-refractivity contribution in [3.63, 3.8) is 0 Å². The van der Waals surface area contributed by atoms with E-state index in [0.29, 0.717) is 12.8 Å². The first-order valence-corrected chi connectivity index (χ1v) is 33.3. The van der Waals surface area contributed by atoms with Crippen molar-refractivity contribution in [3.05, 3.63) is 146 Å². The maximum atomic E-state index is 12.9. The van der Waals surface area contributed by atoms with Gasteiger partial charge in [0.1, 0.15) is 13.2 Å². The van der Waals surface area contributed by atoms with Crippen LogP contribution in [0.5, 0.6) is 0 Å². The van der Waals surface area contributed by atoms with E-state index in [-0.39, 0.29) is 38.0 Å². The molecule has 0 heterocycles. The lowest BCUT2D eigenvalue weighted by Crippen LogP contribution is -2.30. The van der Waals surface area contributed by atoms with Crippen molar-refractivity contribution >= 4 is 17.9 Å². The smallest absolute Gasteiger partial charge is 0.309 e. The van der Waals surface area contributed by atoms with Gasteiger partial charge >= 0.3 is 17.9 Å². The summed E-state index contributed by atoms with van der Waals surface area (Å²) >= 11 is 0. The molecule has 0 aromatic carbocycles. The van der Waals surface area contributed by atoms with Gasteiger partial charge in [-0.3, -0.25) is 14.4 Å². The molecule has 0 aromatic heterocycles. The van der Waals surface area contributed by atoms with Crippen molar-refractivity contribution in [3.8, 4) is 0 Å². The Balaban J connectivity index is 4.45. The molecule has 0 saturated carbocycles. The highest BCUT2D eigenvalue weighted by Crippen LogP contribution is 2.16. The molecule has 0 saturated heterocycles. The molecule has 1 atom stereocenters. The summed E-state index contributed by atoms with van der Waals surface area (Å²) in [6, 6.07) is 0. The summed E-state index contributed by atoms with van der Waals surface area (Å²) in [5.74, 6) is -1.11. The lowest BCUT2D eigenvalue weighted by atomic mass is 10.0. The van der Waals surface area contributed by atoms with Crippen LogP contribution >= 0.6 is 0 Å². The fourth-order valence-corrected chi connectivity index (χ4v) is 8.93. The molecule has 81 heavy (non-hydrogen) atoms. The summed E-state index contributed by atoms with van der Waals surface area (Å²) in [6.45, 7) is 6.30. The van der Waals surface area contributed by atoms with E-state index in [1.54, 1.807) is 6.08 Å². The van der Waals surface area contributed by atoms with E-state index in [4.69, 9.17) is 14.2 Å². The van der Waals surface area contributed by atoms with Gasteiger partial charge in [0, 0.05) is 12.8 Å². The van der Waals surface area contributed by atoms with Crippen LogP contribution in [0.3, 0.4) is 0 Å². The van der Waals surface area contributed by atoms with E-state index in [1.807, 2.05) is 6.08 Å². The minimum atomic E-state index is -0.848. The molecule has 1 unspecified atom stereocenters. The summed E-state index contributed by atoms with van der Waals surface area (Å²) in [5.41, 5.74) is 0. The fraction of sp³-hybridized carbons (Fsp3) is 0.640. The Labute approximate surface area is 499 Å². The molecular weight excluding hydrogens is 997 g/mol. The molecule has 0 N–H and O–H groups in total. The second-order valence-corrected chi connectivity index (χ2v) is 21.6. The standard InChI is InChI=1S/C75H122O6/c1-4-7-10-13-16-19-22-25-28-30-32-34-35-36-37-38-39-41-42-44-47-50-53-56-59-62-65-68-74(77)80-71-72(70-79-73(76)67-64-61-58-55-52-49-46-27-24-21-18-15-12-9-6-3)81-75(78)69-66-63-60-57-54-51-48-45-43-40-33-31-29-26-23-20-17-14-11-8-5-2/h8-9,11-12,17-18,20-21,26-27,29-30,32-33,40,45-46,48,52,54-55,57,61,64,72H,4-7,10,13-16,19,22-25,28,31,34-39,41-44,47,49-51,53,56,58-60,62-63,65-71H2,1-3H3/b11-8-,12-9-,20-17-,21-18-,29-26-,32-30-,40-33-,46-27-,48-45-,55-52-,57-54-,64-61-. The SMILES string of the molecule is CC/C=C\C/C=C\C/C=C\C/C=C\C/C=C\C/C=C\CCCCC(=O)OC(COC(=O)C/C=C\C/C=C\C/C=C\C/C=C\C/C=C\CC)COC(=O)CCCCCCCCCCCCCCCCC/C=C\CCCCCCCCCC. The van der Waals surface area contributed by atoms with Gasteiger partial charge in [-0.15, -0.1) is 0 Å². The first-order chi connectivity index (χ1) is 40.0. The van der Waals surface area contributed by atoms with Crippen molar-refractivity contribution < 1.29 is 28.6 Å². The van der Waals surface area contributed by atoms with Crippen molar-refractivity contribution in [1.29, 1.82) is 0 Å².